The quantitative estimate of drug-likeness (QED) is 0.552. The van der Waals surface area contributed by atoms with Crippen LogP contribution in [0, 0.1) is 11.8 Å². The monoisotopic (exact) mass is 262 g/mol. The fourth-order valence-electron chi connectivity index (χ4n) is 3.02. The topological polar surface area (TPSA) is 0 Å². The molecule has 15 heavy (non-hydrogen) atoms. The molecule has 78 valence electrons. The van der Waals surface area contributed by atoms with Gasteiger partial charge in [0.2, 0.25) is 0 Å². The van der Waals surface area contributed by atoms with Crippen LogP contribution in [-0.2, 0) is 5.33 Å². The van der Waals surface area contributed by atoms with Crippen LogP contribution in [0.2, 0.25) is 0 Å². The summed E-state index contributed by atoms with van der Waals surface area (Å²) in [6.07, 6.45) is 7.60. The Morgan fingerprint density at radius 3 is 2.40 bits per heavy atom. The molecule has 0 amide bonds. The van der Waals surface area contributed by atoms with Crippen LogP contribution >= 0.6 is 15.9 Å². The first-order valence-corrected chi connectivity index (χ1v) is 6.82. The van der Waals surface area contributed by atoms with E-state index >= 15 is 0 Å². The van der Waals surface area contributed by atoms with E-state index in [1.54, 1.807) is 0 Å². The minimum atomic E-state index is 0.796. The van der Waals surface area contributed by atoms with Gasteiger partial charge in [0.25, 0.3) is 0 Å². The van der Waals surface area contributed by atoms with Gasteiger partial charge in [-0.1, -0.05) is 52.3 Å². The van der Waals surface area contributed by atoms with E-state index in [1.165, 1.54) is 24.0 Å². The van der Waals surface area contributed by atoms with Gasteiger partial charge in [-0.05, 0) is 41.7 Å². The lowest BCUT2D eigenvalue weighted by molar-refractivity contribution is 0.585. The number of rotatable bonds is 2. The van der Waals surface area contributed by atoms with Crippen molar-refractivity contribution in [3.63, 3.8) is 0 Å². The molecule has 0 radical (unpaired) electrons. The number of hydrogen-bond acceptors (Lipinski definition) is 0. The number of hydrogen-bond donors (Lipinski definition) is 0. The fraction of sp³-hybridized carbons (Fsp3) is 0.429. The summed E-state index contributed by atoms with van der Waals surface area (Å²) in [4.78, 5) is 0. The van der Waals surface area contributed by atoms with Gasteiger partial charge in [0.15, 0.2) is 0 Å². The molecule has 3 rings (SSSR count). The average molecular weight is 263 g/mol. The largest absolute Gasteiger partial charge is 0.0876 e. The summed E-state index contributed by atoms with van der Waals surface area (Å²) in [6.45, 7) is 0. The molecule has 0 unspecified atom stereocenters. The number of benzene rings is 1. The predicted octanol–water partition coefficient (Wildman–Crippen LogP) is 4.26. The van der Waals surface area contributed by atoms with Gasteiger partial charge in [0.1, 0.15) is 0 Å². The molecule has 1 heteroatoms. The van der Waals surface area contributed by atoms with E-state index in [9.17, 15) is 0 Å². The van der Waals surface area contributed by atoms with E-state index < -0.39 is 0 Å². The van der Waals surface area contributed by atoms with Crippen LogP contribution in [0.25, 0.3) is 0 Å². The molecule has 0 heterocycles. The number of halogens is 1. The smallest absolute Gasteiger partial charge is 0.0283 e. The molecular formula is C14H15Br. The highest BCUT2D eigenvalue weighted by molar-refractivity contribution is 9.08. The first-order valence-electron chi connectivity index (χ1n) is 5.70. The molecule has 2 aliphatic rings. The van der Waals surface area contributed by atoms with E-state index in [2.05, 4.69) is 52.3 Å². The van der Waals surface area contributed by atoms with Crippen LogP contribution in [0.4, 0.5) is 0 Å². The average Bonchev–Trinajstić information content (AvgIpc) is 2.91. The SMILES string of the molecule is BrCc1ccc([C@H]2C[C@H]3C=C[C@@H]2C3)cc1. The summed E-state index contributed by atoms with van der Waals surface area (Å²) >= 11 is 3.49. The zero-order valence-corrected chi connectivity index (χ0v) is 10.3. The van der Waals surface area contributed by atoms with E-state index in [1.807, 2.05) is 0 Å². The van der Waals surface area contributed by atoms with Crippen molar-refractivity contribution < 1.29 is 0 Å². The molecule has 1 aromatic rings. The summed E-state index contributed by atoms with van der Waals surface area (Å²) in [5, 5.41) is 0.962. The normalized spacial score (nSPS) is 32.5. The second kappa shape index (κ2) is 3.79. The van der Waals surface area contributed by atoms with Crippen molar-refractivity contribution in [2.75, 3.05) is 0 Å². The van der Waals surface area contributed by atoms with E-state index in [0.717, 1.165) is 23.1 Å². The van der Waals surface area contributed by atoms with Crippen LogP contribution in [0.3, 0.4) is 0 Å². The molecule has 0 aliphatic heterocycles. The summed E-state index contributed by atoms with van der Waals surface area (Å²) in [6, 6.07) is 9.13. The molecule has 1 aromatic carbocycles. The van der Waals surface area contributed by atoms with Crippen molar-refractivity contribution in [3.05, 3.63) is 47.5 Å². The summed E-state index contributed by atoms with van der Waals surface area (Å²) in [5.74, 6) is 2.49. The first-order chi connectivity index (χ1) is 7.36. The second-order valence-electron chi connectivity index (χ2n) is 4.76. The zero-order valence-electron chi connectivity index (χ0n) is 8.70. The maximum atomic E-state index is 3.49. The van der Waals surface area contributed by atoms with Gasteiger partial charge in [0, 0.05) is 5.33 Å². The molecule has 2 aliphatic carbocycles. The minimum absolute atomic E-state index is 0.796. The third kappa shape index (κ3) is 1.67. The van der Waals surface area contributed by atoms with Crippen LogP contribution in [0.1, 0.15) is 29.9 Å². The van der Waals surface area contributed by atoms with E-state index in [0.29, 0.717) is 0 Å². The molecular weight excluding hydrogens is 248 g/mol. The Bertz CT molecular complexity index is 377. The predicted molar refractivity (Wildman–Crippen MR) is 67.2 cm³/mol. The van der Waals surface area contributed by atoms with E-state index in [-0.39, 0.29) is 0 Å². The van der Waals surface area contributed by atoms with Crippen LogP contribution in [0.15, 0.2) is 36.4 Å². The highest BCUT2D eigenvalue weighted by atomic mass is 79.9. The molecule has 0 spiro atoms. The van der Waals surface area contributed by atoms with E-state index in [4.69, 9.17) is 0 Å². The highest BCUT2D eigenvalue weighted by Gasteiger charge is 2.36. The van der Waals surface area contributed by atoms with Crippen LogP contribution in [0.5, 0.6) is 0 Å². The van der Waals surface area contributed by atoms with Crippen molar-refractivity contribution in [1.29, 1.82) is 0 Å². The first kappa shape index (κ1) is 9.65. The lowest BCUT2D eigenvalue weighted by Gasteiger charge is -2.18. The number of alkyl halides is 1. The Kier molecular flexibility index (Phi) is 2.44. The standard InChI is InChI=1S/C14H15Br/c15-9-10-1-4-12(5-2-10)14-8-11-3-6-13(14)7-11/h1-6,11,13-14H,7-9H2/t11-,13+,14+/m0/s1. The van der Waals surface area contributed by atoms with Crippen molar-refractivity contribution in [2.45, 2.75) is 24.1 Å². The van der Waals surface area contributed by atoms with Gasteiger partial charge in [-0.2, -0.15) is 0 Å². The Hall–Kier alpha value is -0.560. The van der Waals surface area contributed by atoms with Crippen molar-refractivity contribution in [2.24, 2.45) is 11.8 Å². The third-order valence-corrected chi connectivity index (χ3v) is 4.49. The molecule has 0 nitrogen and oxygen atoms in total. The van der Waals surface area contributed by atoms with Crippen LogP contribution < -0.4 is 0 Å². The maximum Gasteiger partial charge on any atom is 0.0283 e. The van der Waals surface area contributed by atoms with Gasteiger partial charge in [-0.25, -0.2) is 0 Å². The van der Waals surface area contributed by atoms with Gasteiger partial charge in [-0.15, -0.1) is 0 Å². The summed E-state index contributed by atoms with van der Waals surface area (Å²) in [5.41, 5.74) is 2.91. The highest BCUT2D eigenvalue weighted by Crippen LogP contribution is 2.48. The van der Waals surface area contributed by atoms with Crippen molar-refractivity contribution >= 4 is 15.9 Å². The minimum Gasteiger partial charge on any atom is -0.0876 e. The molecule has 1 saturated carbocycles. The Morgan fingerprint density at radius 2 is 1.87 bits per heavy atom. The molecule has 3 atom stereocenters. The molecule has 0 N–H and O–H groups in total. The molecule has 1 fully saturated rings. The fourth-order valence-corrected chi connectivity index (χ4v) is 3.39. The van der Waals surface area contributed by atoms with Crippen molar-refractivity contribution in [3.8, 4) is 0 Å². The summed E-state index contributed by atoms with van der Waals surface area (Å²) in [7, 11) is 0. The number of allylic oxidation sites excluding steroid dienone is 2. The molecule has 0 saturated heterocycles. The van der Waals surface area contributed by atoms with Gasteiger partial charge < -0.3 is 0 Å². The Morgan fingerprint density at radius 1 is 1.07 bits per heavy atom. The lowest BCUT2D eigenvalue weighted by atomic mass is 9.87. The van der Waals surface area contributed by atoms with Crippen molar-refractivity contribution in [1.82, 2.24) is 0 Å². The molecule has 0 aromatic heterocycles. The lowest BCUT2D eigenvalue weighted by Crippen LogP contribution is -2.04. The maximum absolute atomic E-state index is 3.49. The Labute approximate surface area is 99.5 Å². The third-order valence-electron chi connectivity index (χ3n) is 3.84. The summed E-state index contributed by atoms with van der Waals surface area (Å²) < 4.78 is 0. The Balaban J connectivity index is 1.84. The van der Waals surface area contributed by atoms with Gasteiger partial charge in [0.05, 0.1) is 0 Å². The number of fused-ring (bicyclic) bond motifs is 2. The van der Waals surface area contributed by atoms with Crippen LogP contribution in [-0.4, -0.2) is 0 Å². The van der Waals surface area contributed by atoms with Gasteiger partial charge in [-0.3, -0.25) is 0 Å². The second-order valence-corrected chi connectivity index (χ2v) is 5.32. The van der Waals surface area contributed by atoms with Gasteiger partial charge >= 0.3 is 0 Å². The zero-order chi connectivity index (χ0) is 10.3. The molecule has 2 bridgehead atoms.